The van der Waals surface area contributed by atoms with E-state index in [0.29, 0.717) is 6.04 Å². The van der Waals surface area contributed by atoms with E-state index in [-0.39, 0.29) is 0 Å². The van der Waals surface area contributed by atoms with Crippen molar-refractivity contribution < 1.29 is 9.47 Å². The molecule has 0 bridgehead atoms. The van der Waals surface area contributed by atoms with Crippen LogP contribution in [0.15, 0.2) is 16.6 Å². The molecule has 108 valence electrons. The van der Waals surface area contributed by atoms with Crippen molar-refractivity contribution >= 4 is 15.9 Å². The summed E-state index contributed by atoms with van der Waals surface area (Å²) in [6.45, 7) is 5.42. The Morgan fingerprint density at radius 1 is 1.11 bits per heavy atom. The van der Waals surface area contributed by atoms with E-state index in [1.54, 1.807) is 14.2 Å². The fourth-order valence-corrected chi connectivity index (χ4v) is 2.44. The van der Waals surface area contributed by atoms with Crippen LogP contribution >= 0.6 is 15.9 Å². The first-order valence-electron chi connectivity index (χ1n) is 6.72. The van der Waals surface area contributed by atoms with Gasteiger partial charge in [-0.1, -0.05) is 29.8 Å². The lowest BCUT2D eigenvalue weighted by Crippen LogP contribution is -2.23. The van der Waals surface area contributed by atoms with E-state index in [9.17, 15) is 0 Å². The maximum Gasteiger partial charge on any atom is 0.161 e. The van der Waals surface area contributed by atoms with Gasteiger partial charge in [-0.05, 0) is 43.5 Å². The highest BCUT2D eigenvalue weighted by atomic mass is 79.9. The monoisotopic (exact) mass is 329 g/mol. The molecule has 0 aliphatic rings. The van der Waals surface area contributed by atoms with Crippen LogP contribution in [0.1, 0.15) is 32.3 Å². The van der Waals surface area contributed by atoms with Crippen LogP contribution in [0.3, 0.4) is 0 Å². The summed E-state index contributed by atoms with van der Waals surface area (Å²) in [5.74, 6) is 1.56. The molecule has 1 rings (SSSR count). The van der Waals surface area contributed by atoms with Crippen LogP contribution in [-0.2, 0) is 6.42 Å². The van der Waals surface area contributed by atoms with Gasteiger partial charge in [0, 0.05) is 10.5 Å². The van der Waals surface area contributed by atoms with E-state index in [1.807, 2.05) is 6.07 Å². The fourth-order valence-electron chi connectivity index (χ4n) is 1.92. The average molecular weight is 330 g/mol. The predicted molar refractivity (Wildman–Crippen MR) is 83.3 cm³/mol. The molecule has 0 heterocycles. The van der Waals surface area contributed by atoms with Gasteiger partial charge in [0.05, 0.1) is 14.2 Å². The maximum atomic E-state index is 5.33. The minimum atomic E-state index is 0.563. The summed E-state index contributed by atoms with van der Waals surface area (Å²) >= 11 is 3.59. The zero-order chi connectivity index (χ0) is 14.3. The molecule has 1 aromatic rings. The van der Waals surface area contributed by atoms with E-state index in [0.717, 1.165) is 35.4 Å². The number of unbranched alkanes of at least 4 members (excludes halogenated alkanes) is 1. The number of aryl methyl sites for hydroxylation is 1. The summed E-state index contributed by atoms with van der Waals surface area (Å²) in [6.07, 6.45) is 3.38. The molecule has 0 aromatic heterocycles. The number of methoxy groups -OCH3 is 2. The topological polar surface area (TPSA) is 30.5 Å². The zero-order valence-electron chi connectivity index (χ0n) is 12.3. The van der Waals surface area contributed by atoms with E-state index in [1.165, 1.54) is 12.0 Å². The molecule has 3 nitrogen and oxygen atoms in total. The number of benzene rings is 1. The molecule has 0 fully saturated rings. The van der Waals surface area contributed by atoms with Crippen LogP contribution in [-0.4, -0.2) is 26.8 Å². The van der Waals surface area contributed by atoms with E-state index in [2.05, 4.69) is 41.2 Å². The van der Waals surface area contributed by atoms with Crippen LogP contribution in [0.4, 0.5) is 0 Å². The second-order valence-electron chi connectivity index (χ2n) is 4.86. The Morgan fingerprint density at radius 2 is 1.74 bits per heavy atom. The predicted octanol–water partition coefficient (Wildman–Crippen LogP) is 3.79. The molecule has 19 heavy (non-hydrogen) atoms. The fraction of sp³-hybridized carbons (Fsp3) is 0.600. The molecule has 0 amide bonds. The number of hydrogen-bond acceptors (Lipinski definition) is 3. The second-order valence-corrected chi connectivity index (χ2v) is 5.72. The van der Waals surface area contributed by atoms with Gasteiger partial charge in [0.25, 0.3) is 0 Å². The highest BCUT2D eigenvalue weighted by Gasteiger charge is 2.09. The van der Waals surface area contributed by atoms with Crippen molar-refractivity contribution in [1.29, 1.82) is 0 Å². The van der Waals surface area contributed by atoms with Crippen LogP contribution in [0.5, 0.6) is 11.5 Å². The molecule has 0 atom stereocenters. The number of ether oxygens (including phenoxy) is 2. The van der Waals surface area contributed by atoms with Gasteiger partial charge in [0.2, 0.25) is 0 Å². The Labute approximate surface area is 124 Å². The number of rotatable bonds is 8. The third-order valence-corrected chi connectivity index (χ3v) is 3.72. The lowest BCUT2D eigenvalue weighted by molar-refractivity contribution is 0.354. The van der Waals surface area contributed by atoms with Crippen LogP contribution in [0, 0.1) is 0 Å². The Balaban J connectivity index is 2.53. The third-order valence-electron chi connectivity index (χ3n) is 2.98. The van der Waals surface area contributed by atoms with Crippen LogP contribution in [0.2, 0.25) is 0 Å². The molecule has 0 unspecified atom stereocenters. The Bertz CT molecular complexity index is 394. The average Bonchev–Trinajstić information content (AvgIpc) is 2.39. The summed E-state index contributed by atoms with van der Waals surface area (Å²) in [7, 11) is 3.32. The molecule has 0 aliphatic carbocycles. The van der Waals surface area contributed by atoms with Gasteiger partial charge in [-0.2, -0.15) is 0 Å². The van der Waals surface area contributed by atoms with Crippen molar-refractivity contribution in [3.63, 3.8) is 0 Å². The first kappa shape index (κ1) is 16.3. The van der Waals surface area contributed by atoms with Gasteiger partial charge in [0.1, 0.15) is 0 Å². The number of hydrogen-bond donors (Lipinski definition) is 1. The second kappa shape index (κ2) is 8.43. The van der Waals surface area contributed by atoms with Crippen molar-refractivity contribution in [2.45, 2.75) is 39.2 Å². The summed E-state index contributed by atoms with van der Waals surface area (Å²) in [5, 5.41) is 3.43. The minimum absolute atomic E-state index is 0.563. The molecule has 0 spiro atoms. The normalized spacial score (nSPS) is 10.8. The molecule has 1 aromatic carbocycles. The Kier molecular flexibility index (Phi) is 7.24. The standard InChI is InChI=1S/C15H24BrNO2/c1-11(2)17-8-6-5-7-12-9-14(18-3)15(19-4)10-13(12)16/h9-11,17H,5-8H2,1-4H3. The van der Waals surface area contributed by atoms with Crippen molar-refractivity contribution in [1.82, 2.24) is 5.32 Å². The van der Waals surface area contributed by atoms with Gasteiger partial charge >= 0.3 is 0 Å². The summed E-state index contributed by atoms with van der Waals surface area (Å²) in [4.78, 5) is 0. The largest absolute Gasteiger partial charge is 0.493 e. The molecule has 1 N–H and O–H groups in total. The van der Waals surface area contributed by atoms with Gasteiger partial charge in [-0.25, -0.2) is 0 Å². The lowest BCUT2D eigenvalue weighted by Gasteiger charge is -2.12. The molecule has 0 saturated carbocycles. The first-order valence-corrected chi connectivity index (χ1v) is 7.51. The Hall–Kier alpha value is -0.740. The molecule has 4 heteroatoms. The molecule has 0 saturated heterocycles. The zero-order valence-corrected chi connectivity index (χ0v) is 13.8. The van der Waals surface area contributed by atoms with Crippen LogP contribution in [0.25, 0.3) is 0 Å². The van der Waals surface area contributed by atoms with Gasteiger partial charge < -0.3 is 14.8 Å². The molecular weight excluding hydrogens is 306 g/mol. The number of halogens is 1. The first-order chi connectivity index (χ1) is 9.08. The van der Waals surface area contributed by atoms with Crippen LogP contribution < -0.4 is 14.8 Å². The summed E-state index contributed by atoms with van der Waals surface area (Å²) < 4.78 is 11.7. The lowest BCUT2D eigenvalue weighted by atomic mass is 10.1. The SMILES string of the molecule is COc1cc(Br)c(CCCCNC(C)C)cc1OC. The quantitative estimate of drug-likeness (QED) is 0.736. The summed E-state index contributed by atoms with van der Waals surface area (Å²) in [5.41, 5.74) is 1.27. The van der Waals surface area contributed by atoms with E-state index >= 15 is 0 Å². The van der Waals surface area contributed by atoms with Gasteiger partial charge in [-0.3, -0.25) is 0 Å². The number of nitrogens with one attached hydrogen (secondary N) is 1. The molecule has 0 radical (unpaired) electrons. The summed E-state index contributed by atoms with van der Waals surface area (Å²) in [6, 6.07) is 4.59. The maximum absolute atomic E-state index is 5.33. The van der Waals surface area contributed by atoms with E-state index in [4.69, 9.17) is 9.47 Å². The highest BCUT2D eigenvalue weighted by Crippen LogP contribution is 2.33. The Morgan fingerprint density at radius 3 is 2.32 bits per heavy atom. The van der Waals surface area contributed by atoms with Crippen molar-refractivity contribution in [2.24, 2.45) is 0 Å². The van der Waals surface area contributed by atoms with Gasteiger partial charge in [0.15, 0.2) is 11.5 Å². The smallest absolute Gasteiger partial charge is 0.161 e. The molecule has 0 aliphatic heterocycles. The third kappa shape index (κ3) is 5.41. The molecular formula is C15H24BrNO2. The van der Waals surface area contributed by atoms with Gasteiger partial charge in [-0.15, -0.1) is 0 Å². The van der Waals surface area contributed by atoms with Crippen molar-refractivity contribution in [2.75, 3.05) is 20.8 Å². The highest BCUT2D eigenvalue weighted by molar-refractivity contribution is 9.10. The van der Waals surface area contributed by atoms with E-state index < -0.39 is 0 Å². The van der Waals surface area contributed by atoms with Crippen molar-refractivity contribution in [3.05, 3.63) is 22.2 Å². The minimum Gasteiger partial charge on any atom is -0.493 e. The van der Waals surface area contributed by atoms with Crippen molar-refractivity contribution in [3.8, 4) is 11.5 Å².